The van der Waals surface area contributed by atoms with Gasteiger partial charge in [0.15, 0.2) is 0 Å². The predicted octanol–water partition coefficient (Wildman–Crippen LogP) is 1.20. The van der Waals surface area contributed by atoms with Crippen molar-refractivity contribution in [2.24, 2.45) is 0 Å². The molecule has 4 heteroatoms. The van der Waals surface area contributed by atoms with Crippen LogP contribution in [0.25, 0.3) is 0 Å². The molecule has 1 unspecified atom stereocenters. The molecule has 1 aliphatic heterocycles. The van der Waals surface area contributed by atoms with E-state index >= 15 is 0 Å². The van der Waals surface area contributed by atoms with E-state index in [9.17, 15) is 4.79 Å². The molecule has 0 bridgehead atoms. The molecule has 1 N–H and O–H groups in total. The summed E-state index contributed by atoms with van der Waals surface area (Å²) in [4.78, 5) is 16.6. The van der Waals surface area contributed by atoms with Gasteiger partial charge in [0.1, 0.15) is 0 Å². The molecule has 1 amide bonds. The van der Waals surface area contributed by atoms with E-state index in [1.165, 1.54) is 0 Å². The zero-order valence-electron chi connectivity index (χ0n) is 12.7. The number of amides is 1. The molecule has 4 nitrogen and oxygen atoms in total. The number of hydrogen-bond acceptors (Lipinski definition) is 3. The third-order valence-corrected chi connectivity index (χ3v) is 3.76. The van der Waals surface area contributed by atoms with Gasteiger partial charge in [0.2, 0.25) is 0 Å². The lowest BCUT2D eigenvalue weighted by Crippen LogP contribution is -2.34. The van der Waals surface area contributed by atoms with Crippen LogP contribution in [0.4, 0.5) is 0 Å². The fourth-order valence-corrected chi connectivity index (χ4v) is 2.48. The summed E-state index contributed by atoms with van der Waals surface area (Å²) in [7, 11) is 4.10. The van der Waals surface area contributed by atoms with Gasteiger partial charge in [-0.05, 0) is 38.7 Å². The van der Waals surface area contributed by atoms with Gasteiger partial charge >= 0.3 is 0 Å². The van der Waals surface area contributed by atoms with Gasteiger partial charge in [0.05, 0.1) is 6.61 Å². The number of carbonyl (C=O) groups is 1. The van der Waals surface area contributed by atoms with Gasteiger partial charge in [-0.25, -0.2) is 0 Å². The molecule has 0 saturated carbocycles. The molecule has 0 aliphatic carbocycles. The zero-order valence-corrected chi connectivity index (χ0v) is 12.7. The molecule has 0 spiro atoms. The molecule has 1 aromatic carbocycles. The van der Waals surface area contributed by atoms with Gasteiger partial charge in [-0.3, -0.25) is 4.79 Å². The largest absolute Gasteiger partial charge is 0.395 e. The maximum atomic E-state index is 12.5. The Hall–Kier alpha value is -1.83. The number of rotatable bonds is 3. The SMILES string of the molecule is CN(C)C1CCN(C(=O)c2cccc(C#CCCO)c2)C1. The first-order chi connectivity index (χ1) is 10.1. The Balaban J connectivity index is 2.07. The fourth-order valence-electron chi connectivity index (χ4n) is 2.48. The van der Waals surface area contributed by atoms with Gasteiger partial charge < -0.3 is 14.9 Å². The Morgan fingerprint density at radius 3 is 2.95 bits per heavy atom. The molecule has 21 heavy (non-hydrogen) atoms. The van der Waals surface area contributed by atoms with Crippen LogP contribution >= 0.6 is 0 Å². The van der Waals surface area contributed by atoms with Gasteiger partial charge in [0, 0.05) is 36.7 Å². The average molecular weight is 286 g/mol. The van der Waals surface area contributed by atoms with E-state index in [1.807, 2.05) is 29.2 Å². The lowest BCUT2D eigenvalue weighted by Gasteiger charge is -2.20. The maximum absolute atomic E-state index is 12.5. The Kier molecular flexibility index (Phi) is 5.38. The Bertz CT molecular complexity index is 557. The number of nitrogens with zero attached hydrogens (tertiary/aromatic N) is 2. The van der Waals surface area contributed by atoms with Crippen molar-refractivity contribution >= 4 is 5.91 Å². The second kappa shape index (κ2) is 7.26. The molecule has 0 aromatic heterocycles. The van der Waals surface area contributed by atoms with Crippen molar-refractivity contribution in [3.05, 3.63) is 35.4 Å². The molecule has 1 fully saturated rings. The molecular weight excluding hydrogens is 264 g/mol. The lowest BCUT2D eigenvalue weighted by atomic mass is 10.1. The smallest absolute Gasteiger partial charge is 0.253 e. The van der Waals surface area contributed by atoms with Crippen molar-refractivity contribution < 1.29 is 9.90 Å². The van der Waals surface area contributed by atoms with Gasteiger partial charge in [-0.15, -0.1) is 0 Å². The highest BCUT2D eigenvalue weighted by molar-refractivity contribution is 5.94. The number of likely N-dealkylation sites (N-methyl/N-ethyl adjacent to an activating group) is 1. The summed E-state index contributed by atoms with van der Waals surface area (Å²) in [5.74, 6) is 5.92. The standard InChI is InChI=1S/C17H22N2O2/c1-18(2)16-9-10-19(13-16)17(21)15-8-5-7-14(12-15)6-3-4-11-20/h5,7-8,12,16,20H,4,9-11,13H2,1-2H3. The van der Waals surface area contributed by atoms with Crippen LogP contribution in [-0.4, -0.2) is 60.6 Å². The highest BCUT2D eigenvalue weighted by atomic mass is 16.2. The van der Waals surface area contributed by atoms with Crippen LogP contribution in [-0.2, 0) is 0 Å². The monoisotopic (exact) mass is 286 g/mol. The third kappa shape index (κ3) is 4.07. The summed E-state index contributed by atoms with van der Waals surface area (Å²) in [6.45, 7) is 1.65. The van der Waals surface area contributed by atoms with Crippen molar-refractivity contribution in [3.63, 3.8) is 0 Å². The predicted molar refractivity (Wildman–Crippen MR) is 83.0 cm³/mol. The second-order valence-electron chi connectivity index (χ2n) is 5.51. The zero-order chi connectivity index (χ0) is 15.2. The molecule has 1 atom stereocenters. The summed E-state index contributed by atoms with van der Waals surface area (Å²) >= 11 is 0. The summed E-state index contributed by atoms with van der Waals surface area (Å²) in [5.41, 5.74) is 1.50. The van der Waals surface area contributed by atoms with Crippen LogP contribution < -0.4 is 0 Å². The number of aliphatic hydroxyl groups excluding tert-OH is 1. The summed E-state index contributed by atoms with van der Waals surface area (Å²) in [6.07, 6.45) is 1.48. The summed E-state index contributed by atoms with van der Waals surface area (Å²) < 4.78 is 0. The molecular formula is C17H22N2O2. The van der Waals surface area contributed by atoms with E-state index in [1.54, 1.807) is 0 Å². The first-order valence-corrected chi connectivity index (χ1v) is 7.27. The molecule has 1 heterocycles. The van der Waals surface area contributed by atoms with Gasteiger partial charge in [-0.2, -0.15) is 0 Å². The van der Waals surface area contributed by atoms with Crippen LogP contribution in [0.5, 0.6) is 0 Å². The number of likely N-dealkylation sites (tertiary alicyclic amines) is 1. The van der Waals surface area contributed by atoms with E-state index in [0.717, 1.165) is 25.1 Å². The van der Waals surface area contributed by atoms with E-state index in [2.05, 4.69) is 30.8 Å². The lowest BCUT2D eigenvalue weighted by molar-refractivity contribution is 0.0783. The van der Waals surface area contributed by atoms with Gasteiger partial charge in [0.25, 0.3) is 5.91 Å². The minimum absolute atomic E-state index is 0.0608. The third-order valence-electron chi connectivity index (χ3n) is 3.76. The van der Waals surface area contributed by atoms with Crippen molar-refractivity contribution in [2.45, 2.75) is 18.9 Å². The van der Waals surface area contributed by atoms with Crippen molar-refractivity contribution in [3.8, 4) is 11.8 Å². The van der Waals surface area contributed by atoms with Crippen molar-refractivity contribution in [2.75, 3.05) is 33.8 Å². The Morgan fingerprint density at radius 2 is 2.29 bits per heavy atom. The van der Waals surface area contributed by atoms with Crippen molar-refractivity contribution in [1.82, 2.24) is 9.80 Å². The molecule has 2 rings (SSSR count). The molecule has 1 aliphatic rings. The molecule has 112 valence electrons. The van der Waals surface area contributed by atoms with E-state index in [0.29, 0.717) is 18.0 Å². The highest BCUT2D eigenvalue weighted by Crippen LogP contribution is 2.17. The summed E-state index contributed by atoms with van der Waals surface area (Å²) in [6, 6.07) is 7.85. The van der Waals surface area contributed by atoms with E-state index in [-0.39, 0.29) is 12.5 Å². The Labute approximate surface area is 126 Å². The second-order valence-corrected chi connectivity index (χ2v) is 5.51. The quantitative estimate of drug-likeness (QED) is 0.849. The summed E-state index contributed by atoms with van der Waals surface area (Å²) in [5, 5.41) is 8.73. The number of hydrogen-bond donors (Lipinski definition) is 1. The molecule has 1 aromatic rings. The number of carbonyl (C=O) groups excluding carboxylic acids is 1. The van der Waals surface area contributed by atoms with E-state index in [4.69, 9.17) is 5.11 Å². The first-order valence-electron chi connectivity index (χ1n) is 7.27. The van der Waals surface area contributed by atoms with Crippen LogP contribution in [0.2, 0.25) is 0 Å². The average Bonchev–Trinajstić information content (AvgIpc) is 2.97. The minimum atomic E-state index is 0.0608. The highest BCUT2D eigenvalue weighted by Gasteiger charge is 2.27. The van der Waals surface area contributed by atoms with Gasteiger partial charge in [-0.1, -0.05) is 17.9 Å². The maximum Gasteiger partial charge on any atom is 0.253 e. The molecule has 1 saturated heterocycles. The molecule has 0 radical (unpaired) electrons. The number of aliphatic hydroxyl groups is 1. The first kappa shape index (κ1) is 15.6. The Morgan fingerprint density at radius 1 is 1.48 bits per heavy atom. The van der Waals surface area contributed by atoms with Crippen LogP contribution in [0.1, 0.15) is 28.8 Å². The fraction of sp³-hybridized carbons (Fsp3) is 0.471. The number of benzene rings is 1. The van der Waals surface area contributed by atoms with Crippen LogP contribution in [0.15, 0.2) is 24.3 Å². The topological polar surface area (TPSA) is 43.8 Å². The van der Waals surface area contributed by atoms with Crippen molar-refractivity contribution in [1.29, 1.82) is 0 Å². The normalized spacial score (nSPS) is 17.7. The van der Waals surface area contributed by atoms with E-state index < -0.39 is 0 Å². The minimum Gasteiger partial charge on any atom is -0.395 e. The van der Waals surface area contributed by atoms with Crippen LogP contribution in [0, 0.1) is 11.8 Å². The van der Waals surface area contributed by atoms with Crippen LogP contribution in [0.3, 0.4) is 0 Å².